The van der Waals surface area contributed by atoms with Crippen molar-refractivity contribution in [2.24, 2.45) is 0 Å². The van der Waals surface area contributed by atoms with Gasteiger partial charge in [-0.15, -0.1) is 0 Å². The van der Waals surface area contributed by atoms with Crippen LogP contribution in [0, 0.1) is 0 Å². The summed E-state index contributed by atoms with van der Waals surface area (Å²) in [7, 11) is 0. The Balaban J connectivity index is 1.97. The van der Waals surface area contributed by atoms with Crippen LogP contribution in [0.2, 0.25) is 0 Å². The van der Waals surface area contributed by atoms with Gasteiger partial charge in [-0.1, -0.05) is 12.1 Å². The number of benzene rings is 1. The number of nitrogens with one attached hydrogen (secondary N) is 1. The molecule has 0 spiro atoms. The van der Waals surface area contributed by atoms with Crippen LogP contribution in [-0.4, -0.2) is 63.6 Å². The lowest BCUT2D eigenvalue weighted by molar-refractivity contribution is -0.155. The summed E-state index contributed by atoms with van der Waals surface area (Å²) in [5.74, 6) is -0.215. The Morgan fingerprint density at radius 3 is 2.42 bits per heavy atom. The third-order valence-corrected chi connectivity index (χ3v) is 4.33. The number of hydrogen-bond acceptors (Lipinski definition) is 7. The third-order valence-electron chi connectivity index (χ3n) is 4.33. The predicted molar refractivity (Wildman–Crippen MR) is 98.5 cm³/mol. The lowest BCUT2D eigenvalue weighted by Crippen LogP contribution is -2.46. The van der Waals surface area contributed by atoms with Crippen molar-refractivity contribution in [1.82, 2.24) is 9.97 Å². The molecule has 1 fully saturated rings. The molecule has 0 aliphatic carbocycles. The zero-order valence-corrected chi connectivity index (χ0v) is 15.1. The van der Waals surface area contributed by atoms with Gasteiger partial charge in [0.1, 0.15) is 0 Å². The standard InChI is InChI=1S/C18H24N4O4/c1-11-8-22(9-12(2)26-11)16-15(19-10-18(3,25)17(23)24)20-13-6-4-5-7-14(13)21-16/h4-7,11-12,25H,8-10H2,1-3H3,(H,19,20)(H,23,24). The summed E-state index contributed by atoms with van der Waals surface area (Å²) in [4.78, 5) is 22.6. The number of ether oxygens (including phenoxy) is 1. The van der Waals surface area contributed by atoms with Crippen molar-refractivity contribution < 1.29 is 19.7 Å². The Labute approximate surface area is 151 Å². The Bertz CT molecular complexity index is 801. The normalized spacial score (nSPS) is 22.8. The number of carbonyl (C=O) groups is 1. The van der Waals surface area contributed by atoms with Crippen molar-refractivity contribution >= 4 is 28.6 Å². The van der Waals surface area contributed by atoms with Crippen LogP contribution in [0.25, 0.3) is 11.0 Å². The second-order valence-electron chi connectivity index (χ2n) is 6.98. The number of aromatic nitrogens is 2. The highest BCUT2D eigenvalue weighted by Gasteiger charge is 2.31. The zero-order valence-electron chi connectivity index (χ0n) is 15.1. The van der Waals surface area contributed by atoms with E-state index in [9.17, 15) is 9.90 Å². The molecule has 26 heavy (non-hydrogen) atoms. The van der Waals surface area contributed by atoms with Gasteiger partial charge in [0.2, 0.25) is 0 Å². The number of rotatable bonds is 5. The summed E-state index contributed by atoms with van der Waals surface area (Å²) >= 11 is 0. The van der Waals surface area contributed by atoms with Crippen molar-refractivity contribution in [1.29, 1.82) is 0 Å². The van der Waals surface area contributed by atoms with E-state index in [4.69, 9.17) is 14.8 Å². The topological polar surface area (TPSA) is 108 Å². The summed E-state index contributed by atoms with van der Waals surface area (Å²) in [6, 6.07) is 7.49. The molecule has 3 rings (SSSR count). The molecule has 3 N–H and O–H groups in total. The van der Waals surface area contributed by atoms with Crippen LogP contribution >= 0.6 is 0 Å². The van der Waals surface area contributed by atoms with Crippen molar-refractivity contribution in [3.8, 4) is 0 Å². The summed E-state index contributed by atoms with van der Waals surface area (Å²) in [6.45, 7) is 6.37. The number of nitrogens with zero attached hydrogens (tertiary/aromatic N) is 3. The highest BCUT2D eigenvalue weighted by Crippen LogP contribution is 2.28. The lowest BCUT2D eigenvalue weighted by atomic mass is 10.1. The number of anilines is 2. The minimum atomic E-state index is -1.91. The molecule has 1 saturated heterocycles. The van der Waals surface area contributed by atoms with E-state index in [1.165, 1.54) is 6.92 Å². The minimum Gasteiger partial charge on any atom is -0.479 e. The van der Waals surface area contributed by atoms with Gasteiger partial charge in [-0.05, 0) is 32.9 Å². The maximum atomic E-state index is 11.2. The number of morpholine rings is 1. The molecule has 0 bridgehead atoms. The van der Waals surface area contributed by atoms with Gasteiger partial charge >= 0.3 is 5.97 Å². The average Bonchev–Trinajstić information content (AvgIpc) is 2.58. The average molecular weight is 360 g/mol. The van der Waals surface area contributed by atoms with E-state index in [1.54, 1.807) is 0 Å². The summed E-state index contributed by atoms with van der Waals surface area (Å²) < 4.78 is 5.78. The van der Waals surface area contributed by atoms with Crippen LogP contribution in [0.4, 0.5) is 11.6 Å². The summed E-state index contributed by atoms with van der Waals surface area (Å²) in [6.07, 6.45) is 0.0870. The van der Waals surface area contributed by atoms with E-state index in [2.05, 4.69) is 15.2 Å². The van der Waals surface area contributed by atoms with Gasteiger partial charge < -0.3 is 25.2 Å². The Morgan fingerprint density at radius 1 is 1.27 bits per heavy atom. The fourth-order valence-electron chi connectivity index (χ4n) is 3.01. The molecular formula is C18H24N4O4. The smallest absolute Gasteiger partial charge is 0.337 e. The van der Waals surface area contributed by atoms with Crippen LogP contribution in [0.1, 0.15) is 20.8 Å². The maximum Gasteiger partial charge on any atom is 0.337 e. The highest BCUT2D eigenvalue weighted by molar-refractivity contribution is 5.81. The Kier molecular flexibility index (Phi) is 4.97. The van der Waals surface area contributed by atoms with Gasteiger partial charge in [0, 0.05) is 13.1 Å². The van der Waals surface area contributed by atoms with Crippen molar-refractivity contribution in [2.45, 2.75) is 38.6 Å². The Morgan fingerprint density at radius 2 is 1.85 bits per heavy atom. The van der Waals surface area contributed by atoms with E-state index in [0.717, 1.165) is 5.52 Å². The fraction of sp³-hybridized carbons (Fsp3) is 0.500. The number of para-hydroxylation sites is 2. The fourth-order valence-corrected chi connectivity index (χ4v) is 3.01. The van der Waals surface area contributed by atoms with Crippen molar-refractivity contribution in [3.05, 3.63) is 24.3 Å². The van der Waals surface area contributed by atoms with Crippen LogP contribution < -0.4 is 10.2 Å². The number of aliphatic carboxylic acids is 1. The number of carboxylic acids is 1. The van der Waals surface area contributed by atoms with Gasteiger partial charge in [-0.2, -0.15) is 0 Å². The first-order valence-corrected chi connectivity index (χ1v) is 8.63. The van der Waals surface area contributed by atoms with E-state index in [1.807, 2.05) is 38.1 Å². The molecule has 1 aliphatic heterocycles. The molecule has 2 aromatic rings. The van der Waals surface area contributed by atoms with E-state index < -0.39 is 11.6 Å². The largest absolute Gasteiger partial charge is 0.479 e. The molecule has 8 nitrogen and oxygen atoms in total. The predicted octanol–water partition coefficient (Wildman–Crippen LogP) is 1.49. The quantitative estimate of drug-likeness (QED) is 0.736. The summed E-state index contributed by atoms with van der Waals surface area (Å²) in [5.41, 5.74) is -0.455. The van der Waals surface area contributed by atoms with E-state index in [-0.39, 0.29) is 18.8 Å². The molecule has 140 valence electrons. The number of carboxylic acid groups (broad SMARTS) is 1. The second kappa shape index (κ2) is 7.05. The third kappa shape index (κ3) is 3.86. The van der Waals surface area contributed by atoms with Crippen LogP contribution in [-0.2, 0) is 9.53 Å². The van der Waals surface area contributed by atoms with Crippen LogP contribution in [0.15, 0.2) is 24.3 Å². The van der Waals surface area contributed by atoms with Gasteiger partial charge in [-0.3, -0.25) is 0 Å². The van der Waals surface area contributed by atoms with Gasteiger partial charge in [0.15, 0.2) is 17.2 Å². The molecular weight excluding hydrogens is 336 g/mol. The summed E-state index contributed by atoms with van der Waals surface area (Å²) in [5, 5.41) is 22.1. The van der Waals surface area contributed by atoms with Crippen molar-refractivity contribution in [3.63, 3.8) is 0 Å². The number of fused-ring (bicyclic) bond motifs is 1. The van der Waals surface area contributed by atoms with Gasteiger partial charge in [0.05, 0.1) is 29.8 Å². The second-order valence-corrected chi connectivity index (χ2v) is 6.98. The molecule has 1 aromatic carbocycles. The number of hydrogen-bond donors (Lipinski definition) is 3. The molecule has 0 amide bonds. The molecule has 8 heteroatoms. The molecule has 0 saturated carbocycles. The molecule has 1 aliphatic rings. The zero-order chi connectivity index (χ0) is 18.9. The lowest BCUT2D eigenvalue weighted by Gasteiger charge is -2.36. The number of aliphatic hydroxyl groups is 1. The molecule has 0 radical (unpaired) electrons. The van der Waals surface area contributed by atoms with Crippen LogP contribution in [0.5, 0.6) is 0 Å². The maximum absolute atomic E-state index is 11.2. The minimum absolute atomic E-state index is 0.0435. The van der Waals surface area contributed by atoms with Crippen molar-refractivity contribution in [2.75, 3.05) is 29.9 Å². The Hall–Kier alpha value is -2.45. The molecule has 2 heterocycles. The molecule has 3 atom stereocenters. The van der Waals surface area contributed by atoms with Gasteiger partial charge in [-0.25, -0.2) is 14.8 Å². The SMILES string of the molecule is CC1CN(c2nc3ccccc3nc2NCC(C)(O)C(=O)O)CC(C)O1. The molecule has 3 unspecified atom stereocenters. The van der Waals surface area contributed by atoms with Gasteiger partial charge in [0.25, 0.3) is 0 Å². The van der Waals surface area contributed by atoms with Crippen LogP contribution in [0.3, 0.4) is 0 Å². The monoisotopic (exact) mass is 360 g/mol. The van der Waals surface area contributed by atoms with E-state index in [0.29, 0.717) is 30.2 Å². The molecule has 1 aromatic heterocycles. The highest BCUT2D eigenvalue weighted by atomic mass is 16.5. The first-order valence-electron chi connectivity index (χ1n) is 8.63. The first-order chi connectivity index (χ1) is 12.3. The first kappa shape index (κ1) is 18.3. The van der Waals surface area contributed by atoms with E-state index >= 15 is 0 Å².